The Morgan fingerprint density at radius 1 is 1.00 bits per heavy atom. The smallest absolute Gasteiger partial charge is 0.0590 e. The summed E-state index contributed by atoms with van der Waals surface area (Å²) < 4.78 is 5.24. The fourth-order valence-corrected chi connectivity index (χ4v) is 1.17. The minimum Gasteiger partial charge on any atom is -0.380 e. The van der Waals surface area contributed by atoms with Gasteiger partial charge in [-0.2, -0.15) is 0 Å². The lowest BCUT2D eigenvalue weighted by Crippen LogP contribution is -2.34. The van der Waals surface area contributed by atoms with Crippen molar-refractivity contribution in [3.8, 4) is 0 Å². The van der Waals surface area contributed by atoms with E-state index in [1.807, 2.05) is 6.92 Å². The zero-order valence-corrected chi connectivity index (χ0v) is 10.8. The molecule has 0 aliphatic rings. The first-order chi connectivity index (χ1) is 7.16. The number of nitrogens with one attached hydrogen (secondary N) is 1. The molecule has 4 heteroatoms. The molecular formula is C11H27N3O. The molecule has 0 bridgehead atoms. The average molecular weight is 217 g/mol. The van der Waals surface area contributed by atoms with Gasteiger partial charge in [-0.05, 0) is 28.1 Å². The maximum Gasteiger partial charge on any atom is 0.0590 e. The largest absolute Gasteiger partial charge is 0.380 e. The summed E-state index contributed by atoms with van der Waals surface area (Å²) in [6.07, 6.45) is 0. The maximum absolute atomic E-state index is 5.24. The summed E-state index contributed by atoms with van der Waals surface area (Å²) in [7, 11) is 6.37. The van der Waals surface area contributed by atoms with Gasteiger partial charge in [0.1, 0.15) is 0 Å². The summed E-state index contributed by atoms with van der Waals surface area (Å²) in [5, 5.41) is 3.36. The van der Waals surface area contributed by atoms with Gasteiger partial charge >= 0.3 is 0 Å². The Morgan fingerprint density at radius 2 is 1.73 bits per heavy atom. The zero-order chi connectivity index (χ0) is 11.5. The highest BCUT2D eigenvalue weighted by molar-refractivity contribution is 4.56. The van der Waals surface area contributed by atoms with Crippen molar-refractivity contribution in [2.24, 2.45) is 0 Å². The summed E-state index contributed by atoms with van der Waals surface area (Å²) >= 11 is 0. The summed E-state index contributed by atoms with van der Waals surface area (Å²) in [5.41, 5.74) is 0. The monoisotopic (exact) mass is 217 g/mol. The third kappa shape index (κ3) is 11.8. The van der Waals surface area contributed by atoms with E-state index in [4.69, 9.17) is 4.74 Å². The van der Waals surface area contributed by atoms with Crippen LogP contribution in [0.4, 0.5) is 0 Å². The van der Waals surface area contributed by atoms with Crippen molar-refractivity contribution in [3.63, 3.8) is 0 Å². The van der Waals surface area contributed by atoms with E-state index in [9.17, 15) is 0 Å². The second kappa shape index (κ2) is 10.4. The van der Waals surface area contributed by atoms with Gasteiger partial charge in [0.15, 0.2) is 0 Å². The van der Waals surface area contributed by atoms with Crippen LogP contribution in [-0.2, 0) is 4.74 Å². The van der Waals surface area contributed by atoms with Crippen molar-refractivity contribution in [1.29, 1.82) is 0 Å². The van der Waals surface area contributed by atoms with Crippen molar-refractivity contribution in [3.05, 3.63) is 0 Å². The fraction of sp³-hybridized carbons (Fsp3) is 1.00. The van der Waals surface area contributed by atoms with Gasteiger partial charge in [-0.3, -0.25) is 0 Å². The van der Waals surface area contributed by atoms with Gasteiger partial charge in [0.2, 0.25) is 0 Å². The van der Waals surface area contributed by atoms with Gasteiger partial charge in [-0.15, -0.1) is 0 Å². The molecule has 0 aromatic carbocycles. The van der Waals surface area contributed by atoms with E-state index in [2.05, 4.69) is 36.3 Å². The molecule has 0 unspecified atom stereocenters. The molecule has 0 aromatic rings. The number of rotatable bonds is 10. The standard InChI is InChI=1S/C11H27N3O/c1-5-15-11-7-12-6-8-14(4)10-9-13(2)3/h12H,5-11H2,1-4H3. The maximum atomic E-state index is 5.24. The van der Waals surface area contributed by atoms with Gasteiger partial charge < -0.3 is 19.9 Å². The van der Waals surface area contributed by atoms with Crippen LogP contribution >= 0.6 is 0 Å². The van der Waals surface area contributed by atoms with E-state index < -0.39 is 0 Å². The molecule has 0 saturated carbocycles. The molecule has 0 atom stereocenters. The van der Waals surface area contributed by atoms with Gasteiger partial charge in [0, 0.05) is 39.3 Å². The molecule has 0 fully saturated rings. The SMILES string of the molecule is CCOCCNCCN(C)CCN(C)C. The van der Waals surface area contributed by atoms with Crippen LogP contribution in [0.1, 0.15) is 6.92 Å². The Kier molecular flexibility index (Phi) is 10.3. The lowest BCUT2D eigenvalue weighted by atomic mass is 10.4. The molecule has 0 spiro atoms. The quantitative estimate of drug-likeness (QED) is 0.526. The lowest BCUT2D eigenvalue weighted by Gasteiger charge is -2.19. The first kappa shape index (κ1) is 14.8. The van der Waals surface area contributed by atoms with Gasteiger partial charge in [-0.1, -0.05) is 0 Å². The molecule has 0 heterocycles. The van der Waals surface area contributed by atoms with E-state index in [1.54, 1.807) is 0 Å². The number of nitrogens with zero attached hydrogens (tertiary/aromatic N) is 2. The minimum absolute atomic E-state index is 0.810. The molecular weight excluding hydrogens is 190 g/mol. The van der Waals surface area contributed by atoms with Crippen LogP contribution < -0.4 is 5.32 Å². The van der Waals surface area contributed by atoms with E-state index in [0.717, 1.165) is 45.9 Å². The molecule has 92 valence electrons. The second-order valence-corrected chi connectivity index (χ2v) is 4.05. The Morgan fingerprint density at radius 3 is 2.33 bits per heavy atom. The summed E-state index contributed by atoms with van der Waals surface area (Å²) in [6, 6.07) is 0. The van der Waals surface area contributed by atoms with Crippen LogP contribution in [0.5, 0.6) is 0 Å². The molecule has 4 nitrogen and oxygen atoms in total. The molecule has 0 rings (SSSR count). The summed E-state index contributed by atoms with van der Waals surface area (Å²) in [5.74, 6) is 0. The fourth-order valence-electron chi connectivity index (χ4n) is 1.17. The van der Waals surface area contributed by atoms with Crippen LogP contribution in [0.2, 0.25) is 0 Å². The van der Waals surface area contributed by atoms with Crippen molar-refractivity contribution in [1.82, 2.24) is 15.1 Å². The average Bonchev–Trinajstić information content (AvgIpc) is 2.20. The van der Waals surface area contributed by atoms with E-state index in [1.165, 1.54) is 0 Å². The summed E-state index contributed by atoms with van der Waals surface area (Å²) in [6.45, 7) is 8.99. The van der Waals surface area contributed by atoms with Gasteiger partial charge in [0.05, 0.1) is 6.61 Å². The minimum atomic E-state index is 0.810. The molecule has 0 aliphatic carbocycles. The topological polar surface area (TPSA) is 27.7 Å². The summed E-state index contributed by atoms with van der Waals surface area (Å²) in [4.78, 5) is 4.55. The van der Waals surface area contributed by atoms with E-state index in [0.29, 0.717) is 0 Å². The number of hydrogen-bond donors (Lipinski definition) is 1. The first-order valence-electron chi connectivity index (χ1n) is 5.78. The Bertz CT molecular complexity index is 131. The first-order valence-corrected chi connectivity index (χ1v) is 5.78. The van der Waals surface area contributed by atoms with Crippen LogP contribution in [-0.4, -0.2) is 76.9 Å². The molecule has 0 radical (unpaired) electrons. The number of likely N-dealkylation sites (N-methyl/N-ethyl adjacent to an activating group) is 2. The highest BCUT2D eigenvalue weighted by atomic mass is 16.5. The van der Waals surface area contributed by atoms with E-state index >= 15 is 0 Å². The molecule has 0 amide bonds. The van der Waals surface area contributed by atoms with Crippen LogP contribution in [0, 0.1) is 0 Å². The molecule has 0 aromatic heterocycles. The lowest BCUT2D eigenvalue weighted by molar-refractivity contribution is 0.148. The van der Waals surface area contributed by atoms with Crippen molar-refractivity contribution >= 4 is 0 Å². The van der Waals surface area contributed by atoms with Gasteiger partial charge in [0.25, 0.3) is 0 Å². The molecule has 0 saturated heterocycles. The predicted octanol–water partition coefficient (Wildman–Crippen LogP) is 0.106. The highest BCUT2D eigenvalue weighted by Gasteiger charge is 1.98. The second-order valence-electron chi connectivity index (χ2n) is 4.05. The van der Waals surface area contributed by atoms with Gasteiger partial charge in [-0.25, -0.2) is 0 Å². The Hall–Kier alpha value is -0.160. The van der Waals surface area contributed by atoms with Crippen LogP contribution in [0.3, 0.4) is 0 Å². The Labute approximate surface area is 94.6 Å². The molecule has 1 N–H and O–H groups in total. The van der Waals surface area contributed by atoms with Crippen molar-refractivity contribution in [2.45, 2.75) is 6.92 Å². The zero-order valence-electron chi connectivity index (χ0n) is 10.8. The Balaban J connectivity index is 3.13. The number of ether oxygens (including phenoxy) is 1. The molecule has 15 heavy (non-hydrogen) atoms. The third-order valence-electron chi connectivity index (χ3n) is 2.23. The van der Waals surface area contributed by atoms with Crippen molar-refractivity contribution in [2.75, 3.05) is 67.1 Å². The van der Waals surface area contributed by atoms with E-state index in [-0.39, 0.29) is 0 Å². The van der Waals surface area contributed by atoms with Crippen LogP contribution in [0.25, 0.3) is 0 Å². The predicted molar refractivity (Wildman–Crippen MR) is 65.4 cm³/mol. The normalized spacial score (nSPS) is 11.6. The van der Waals surface area contributed by atoms with Crippen molar-refractivity contribution < 1.29 is 4.74 Å². The third-order valence-corrected chi connectivity index (χ3v) is 2.23. The highest BCUT2D eigenvalue weighted by Crippen LogP contribution is 1.82. The molecule has 0 aliphatic heterocycles. The van der Waals surface area contributed by atoms with Crippen LogP contribution in [0.15, 0.2) is 0 Å². The number of hydrogen-bond acceptors (Lipinski definition) is 4.